The molecule has 0 saturated carbocycles. The number of hydrogen-bond donors (Lipinski definition) is 0. The first-order valence-electron chi connectivity index (χ1n) is 12.6. The summed E-state index contributed by atoms with van der Waals surface area (Å²) in [6.07, 6.45) is 1.21. The van der Waals surface area contributed by atoms with E-state index in [1.807, 2.05) is 12.1 Å². The van der Waals surface area contributed by atoms with Gasteiger partial charge < -0.3 is 14.2 Å². The summed E-state index contributed by atoms with van der Waals surface area (Å²) in [7, 11) is 0. The second-order valence-corrected chi connectivity index (χ2v) is 11.3. The first-order chi connectivity index (χ1) is 18.3. The third kappa shape index (κ3) is 6.51. The molecule has 2 aliphatic rings. The molecule has 5 atom stereocenters. The Labute approximate surface area is 232 Å². The molecule has 200 valence electrons. The molecular formula is C29H31NO6S2. The molecule has 4 rings (SSSR count). The van der Waals surface area contributed by atoms with E-state index in [0.717, 1.165) is 5.75 Å². The summed E-state index contributed by atoms with van der Waals surface area (Å²) in [5, 5.41) is 0. The molecule has 0 spiro atoms. The summed E-state index contributed by atoms with van der Waals surface area (Å²) < 4.78 is 18.1. The molecule has 0 bridgehead atoms. The Balaban J connectivity index is 1.50. The van der Waals surface area contributed by atoms with Gasteiger partial charge in [-0.25, -0.2) is 9.59 Å². The van der Waals surface area contributed by atoms with E-state index in [9.17, 15) is 14.4 Å². The Kier molecular flexibility index (Phi) is 9.35. The standard InChI is InChI=1S/C29H31NO6S2/c1-18(2)22-17-38-29(37)30(22)26(31)19(3)23-14-15-24(36-28(33)21-12-8-5-9-13-21)25(35-23)16-34-27(32)20-10-6-4-7-11-20/h4-15,18-19,22-25H,16-17H2,1-3H3/t19-,22-,23+,24+,25+/m0/s1. The van der Waals surface area contributed by atoms with Crippen molar-refractivity contribution in [3.05, 3.63) is 83.9 Å². The van der Waals surface area contributed by atoms with Crippen LogP contribution in [0.1, 0.15) is 41.5 Å². The number of nitrogens with zero attached hydrogens (tertiary/aromatic N) is 1. The summed E-state index contributed by atoms with van der Waals surface area (Å²) in [5.74, 6) is -0.683. The second-order valence-electron chi connectivity index (χ2n) is 9.61. The number of esters is 2. The van der Waals surface area contributed by atoms with Crippen molar-refractivity contribution < 1.29 is 28.6 Å². The van der Waals surface area contributed by atoms with Gasteiger partial charge in [-0.1, -0.05) is 87.2 Å². The van der Waals surface area contributed by atoms with Crippen LogP contribution in [0, 0.1) is 11.8 Å². The van der Waals surface area contributed by atoms with Crippen molar-refractivity contribution in [1.29, 1.82) is 0 Å². The zero-order chi connectivity index (χ0) is 27.2. The zero-order valence-corrected chi connectivity index (χ0v) is 23.2. The molecule has 0 N–H and O–H groups in total. The van der Waals surface area contributed by atoms with Gasteiger partial charge in [-0.15, -0.1) is 0 Å². The van der Waals surface area contributed by atoms with Crippen LogP contribution in [0.15, 0.2) is 72.8 Å². The molecule has 0 unspecified atom stereocenters. The maximum atomic E-state index is 13.5. The van der Waals surface area contributed by atoms with Crippen molar-refractivity contribution in [2.24, 2.45) is 11.8 Å². The largest absolute Gasteiger partial charge is 0.459 e. The van der Waals surface area contributed by atoms with Crippen molar-refractivity contribution in [2.45, 2.75) is 45.1 Å². The average molecular weight is 554 g/mol. The summed E-state index contributed by atoms with van der Waals surface area (Å²) >= 11 is 6.99. The lowest BCUT2D eigenvalue weighted by atomic mass is 9.96. The number of thiocarbonyl (C=S) groups is 1. The van der Waals surface area contributed by atoms with Crippen LogP contribution in [0.3, 0.4) is 0 Å². The molecule has 0 radical (unpaired) electrons. The highest BCUT2D eigenvalue weighted by Gasteiger charge is 2.42. The Hall–Kier alpha value is -3.01. The fourth-order valence-corrected chi connectivity index (χ4v) is 5.96. The van der Waals surface area contributed by atoms with Gasteiger partial charge in [-0.2, -0.15) is 0 Å². The Morgan fingerprint density at radius 3 is 2.18 bits per heavy atom. The topological polar surface area (TPSA) is 82.1 Å². The lowest BCUT2D eigenvalue weighted by molar-refractivity contribution is -0.143. The van der Waals surface area contributed by atoms with Crippen LogP contribution in [-0.2, 0) is 19.0 Å². The van der Waals surface area contributed by atoms with Crippen molar-refractivity contribution in [3.8, 4) is 0 Å². The second kappa shape index (κ2) is 12.7. The van der Waals surface area contributed by atoms with Crippen LogP contribution in [-0.4, -0.2) is 63.8 Å². The van der Waals surface area contributed by atoms with Gasteiger partial charge in [-0.05, 0) is 36.3 Å². The molecule has 0 aromatic heterocycles. The van der Waals surface area contributed by atoms with Crippen LogP contribution >= 0.6 is 24.0 Å². The highest BCUT2D eigenvalue weighted by atomic mass is 32.2. The van der Waals surface area contributed by atoms with E-state index in [-0.39, 0.29) is 24.5 Å². The molecule has 1 amide bonds. The van der Waals surface area contributed by atoms with Crippen molar-refractivity contribution in [3.63, 3.8) is 0 Å². The van der Waals surface area contributed by atoms with E-state index in [2.05, 4.69) is 13.8 Å². The molecule has 1 saturated heterocycles. The molecule has 2 aromatic rings. The van der Waals surface area contributed by atoms with Crippen molar-refractivity contribution in [2.75, 3.05) is 12.4 Å². The predicted molar refractivity (Wildman–Crippen MR) is 150 cm³/mol. The van der Waals surface area contributed by atoms with Gasteiger partial charge in [0.05, 0.1) is 23.1 Å². The van der Waals surface area contributed by atoms with E-state index in [0.29, 0.717) is 15.4 Å². The number of carbonyl (C=O) groups is 3. The molecule has 0 aliphatic carbocycles. The lowest BCUT2D eigenvalue weighted by Crippen LogP contribution is -2.49. The summed E-state index contributed by atoms with van der Waals surface area (Å²) in [6.45, 7) is 5.78. The molecule has 9 heteroatoms. The van der Waals surface area contributed by atoms with Gasteiger partial charge in [0, 0.05) is 11.8 Å². The highest BCUT2D eigenvalue weighted by Crippen LogP contribution is 2.32. The Bertz CT molecular complexity index is 1190. The van der Waals surface area contributed by atoms with Crippen LogP contribution < -0.4 is 0 Å². The fraction of sp³-hybridized carbons (Fsp3) is 0.379. The van der Waals surface area contributed by atoms with Crippen LogP contribution in [0.5, 0.6) is 0 Å². The normalized spacial score (nSPS) is 23.8. The number of benzene rings is 2. The number of hydrogen-bond acceptors (Lipinski definition) is 8. The number of amides is 1. The minimum absolute atomic E-state index is 0.0252. The van der Waals surface area contributed by atoms with E-state index in [1.165, 1.54) is 11.8 Å². The minimum atomic E-state index is -0.809. The summed E-state index contributed by atoms with van der Waals surface area (Å²) in [4.78, 5) is 40.6. The molecule has 1 fully saturated rings. The number of carbonyl (C=O) groups excluding carboxylic acids is 3. The lowest BCUT2D eigenvalue weighted by Gasteiger charge is -2.36. The first kappa shape index (κ1) is 28.0. The van der Waals surface area contributed by atoms with Crippen molar-refractivity contribution in [1.82, 2.24) is 4.90 Å². The van der Waals surface area contributed by atoms with E-state index in [4.69, 9.17) is 26.4 Å². The first-order valence-corrected chi connectivity index (χ1v) is 14.0. The smallest absolute Gasteiger partial charge is 0.338 e. The fourth-order valence-electron chi connectivity index (χ4n) is 4.32. The third-order valence-corrected chi connectivity index (χ3v) is 8.13. The van der Waals surface area contributed by atoms with Gasteiger partial charge in [0.15, 0.2) is 0 Å². The highest BCUT2D eigenvalue weighted by molar-refractivity contribution is 8.23. The number of thioether (sulfide) groups is 1. The average Bonchev–Trinajstić information content (AvgIpc) is 3.34. The molecule has 38 heavy (non-hydrogen) atoms. The number of rotatable bonds is 8. The quantitative estimate of drug-likeness (QED) is 0.259. The van der Waals surface area contributed by atoms with Gasteiger partial charge in [0.1, 0.15) is 23.1 Å². The third-order valence-electron chi connectivity index (χ3n) is 6.62. The molecule has 2 aliphatic heterocycles. The van der Waals surface area contributed by atoms with Gasteiger partial charge in [-0.3, -0.25) is 9.69 Å². The molecule has 2 aromatic carbocycles. The maximum absolute atomic E-state index is 13.5. The Morgan fingerprint density at radius 2 is 1.58 bits per heavy atom. The van der Waals surface area contributed by atoms with Crippen LogP contribution in [0.25, 0.3) is 0 Å². The summed E-state index contributed by atoms with van der Waals surface area (Å²) in [6, 6.07) is 17.3. The monoisotopic (exact) mass is 553 g/mol. The molecule has 7 nitrogen and oxygen atoms in total. The van der Waals surface area contributed by atoms with Crippen LogP contribution in [0.4, 0.5) is 0 Å². The maximum Gasteiger partial charge on any atom is 0.338 e. The van der Waals surface area contributed by atoms with E-state index in [1.54, 1.807) is 72.5 Å². The van der Waals surface area contributed by atoms with E-state index >= 15 is 0 Å². The summed E-state index contributed by atoms with van der Waals surface area (Å²) in [5.41, 5.74) is 0.794. The molecule has 2 heterocycles. The minimum Gasteiger partial charge on any atom is -0.459 e. The van der Waals surface area contributed by atoms with Gasteiger partial charge >= 0.3 is 11.9 Å². The predicted octanol–water partition coefficient (Wildman–Crippen LogP) is 4.91. The zero-order valence-electron chi connectivity index (χ0n) is 21.5. The van der Waals surface area contributed by atoms with Gasteiger partial charge in [0.2, 0.25) is 5.91 Å². The van der Waals surface area contributed by atoms with Gasteiger partial charge in [0.25, 0.3) is 0 Å². The Morgan fingerprint density at radius 1 is 0.974 bits per heavy atom. The van der Waals surface area contributed by atoms with E-state index < -0.39 is 36.2 Å². The van der Waals surface area contributed by atoms with Crippen molar-refractivity contribution >= 4 is 46.1 Å². The SMILES string of the molecule is CC(C)[C@@H]1CSC(=S)N1C(=O)[C@@H](C)[C@H]1C=C[C@@H](OC(=O)c2ccccc2)[C@@H](COC(=O)c2ccccc2)O1. The number of ether oxygens (including phenoxy) is 3. The van der Waals surface area contributed by atoms with Crippen LogP contribution in [0.2, 0.25) is 0 Å². The molecular weight excluding hydrogens is 522 g/mol.